The molecule has 0 unspecified atom stereocenters. The number of halogens is 3. The number of nitrogens with zero attached hydrogens (tertiary/aromatic N) is 2. The fraction of sp³-hybridized carbons (Fsp3) is 0.562. The summed E-state index contributed by atoms with van der Waals surface area (Å²) >= 11 is 0. The molecular formula is C16H23F3N4O4S. The Bertz CT molecular complexity index is 807. The van der Waals surface area contributed by atoms with Gasteiger partial charge in [-0.3, -0.25) is 4.99 Å². The van der Waals surface area contributed by atoms with Gasteiger partial charge in [-0.25, -0.2) is 8.42 Å². The van der Waals surface area contributed by atoms with Gasteiger partial charge in [0.25, 0.3) is 0 Å². The van der Waals surface area contributed by atoms with Gasteiger partial charge in [-0.05, 0) is 30.9 Å². The Hall–Kier alpha value is -2.21. The third kappa shape index (κ3) is 5.19. The van der Waals surface area contributed by atoms with Crippen molar-refractivity contribution in [3.8, 4) is 11.5 Å². The van der Waals surface area contributed by atoms with Gasteiger partial charge in [-0.15, -0.1) is 0 Å². The van der Waals surface area contributed by atoms with Gasteiger partial charge in [0.2, 0.25) is 0 Å². The Morgan fingerprint density at radius 3 is 2.39 bits per heavy atom. The van der Waals surface area contributed by atoms with Gasteiger partial charge >= 0.3 is 15.5 Å². The number of ether oxygens (including phenoxy) is 2. The molecule has 0 spiro atoms. The molecule has 0 atom stereocenters. The van der Waals surface area contributed by atoms with Gasteiger partial charge in [0.1, 0.15) is 0 Å². The molecule has 1 aromatic carbocycles. The number of benzene rings is 1. The van der Waals surface area contributed by atoms with Crippen LogP contribution in [-0.2, 0) is 10.0 Å². The second kappa shape index (κ2) is 8.86. The second-order valence-corrected chi connectivity index (χ2v) is 8.14. The number of methoxy groups -OCH3 is 2. The van der Waals surface area contributed by atoms with Crippen LogP contribution in [0.1, 0.15) is 12.8 Å². The Morgan fingerprint density at radius 2 is 1.86 bits per heavy atom. The van der Waals surface area contributed by atoms with Crippen molar-refractivity contribution < 1.29 is 31.1 Å². The normalized spacial score (nSPS) is 17.4. The molecule has 158 valence electrons. The Kier molecular flexibility index (Phi) is 6.99. The van der Waals surface area contributed by atoms with E-state index in [4.69, 9.17) is 15.2 Å². The first-order chi connectivity index (χ1) is 13.1. The molecule has 1 saturated heterocycles. The Balaban J connectivity index is 1.90. The lowest BCUT2D eigenvalue weighted by atomic mass is 9.98. The quantitative estimate of drug-likeness (QED) is 0.534. The van der Waals surface area contributed by atoms with Gasteiger partial charge in [-0.2, -0.15) is 17.5 Å². The van der Waals surface area contributed by atoms with E-state index in [1.54, 1.807) is 18.2 Å². The minimum absolute atomic E-state index is 0.0505. The van der Waals surface area contributed by atoms with Crippen molar-refractivity contribution in [1.29, 1.82) is 0 Å². The zero-order chi connectivity index (χ0) is 20.9. The molecule has 1 aromatic rings. The molecule has 8 nitrogen and oxygen atoms in total. The lowest BCUT2D eigenvalue weighted by Crippen LogP contribution is -2.45. The molecule has 0 radical (unpaired) electrons. The van der Waals surface area contributed by atoms with Crippen molar-refractivity contribution in [2.45, 2.75) is 18.3 Å². The van der Waals surface area contributed by atoms with Crippen LogP contribution in [0.25, 0.3) is 0 Å². The molecular weight excluding hydrogens is 401 g/mol. The first kappa shape index (κ1) is 22.1. The van der Waals surface area contributed by atoms with Gasteiger partial charge in [0.05, 0.1) is 14.2 Å². The highest BCUT2D eigenvalue weighted by molar-refractivity contribution is 7.90. The summed E-state index contributed by atoms with van der Waals surface area (Å²) in [5.41, 5.74) is 1.21. The highest BCUT2D eigenvalue weighted by atomic mass is 32.2. The molecule has 28 heavy (non-hydrogen) atoms. The van der Waals surface area contributed by atoms with Crippen molar-refractivity contribution in [3.05, 3.63) is 18.2 Å². The van der Waals surface area contributed by atoms with Crippen LogP contribution in [0.2, 0.25) is 0 Å². The minimum Gasteiger partial charge on any atom is -0.493 e. The SMILES string of the molecule is COc1ccc(NC(N)=NCC2CCN(S(=O)(=O)C(F)(F)F)CC2)cc1OC. The van der Waals surface area contributed by atoms with Crippen LogP contribution in [-0.4, -0.2) is 58.0 Å². The average molecular weight is 424 g/mol. The molecule has 0 aliphatic carbocycles. The number of piperidine rings is 1. The average Bonchev–Trinajstić information content (AvgIpc) is 2.65. The molecule has 0 aromatic heterocycles. The third-order valence-electron chi connectivity index (χ3n) is 4.38. The number of hydrogen-bond donors (Lipinski definition) is 2. The first-order valence-electron chi connectivity index (χ1n) is 8.44. The third-order valence-corrected chi connectivity index (χ3v) is 6.01. The number of anilines is 1. The van der Waals surface area contributed by atoms with Crippen LogP contribution < -0.4 is 20.5 Å². The lowest BCUT2D eigenvalue weighted by molar-refractivity contribution is -0.0496. The van der Waals surface area contributed by atoms with E-state index in [2.05, 4.69) is 10.3 Å². The summed E-state index contributed by atoms with van der Waals surface area (Å²) in [6.07, 6.45) is 0.560. The number of nitrogens with two attached hydrogens (primary N) is 1. The summed E-state index contributed by atoms with van der Waals surface area (Å²) in [6, 6.07) is 5.11. The highest BCUT2D eigenvalue weighted by Gasteiger charge is 2.50. The molecule has 1 aliphatic rings. The smallest absolute Gasteiger partial charge is 0.493 e. The van der Waals surface area contributed by atoms with E-state index in [9.17, 15) is 21.6 Å². The summed E-state index contributed by atoms with van der Waals surface area (Å²) in [5.74, 6) is 1.16. The second-order valence-electron chi connectivity index (χ2n) is 6.21. The van der Waals surface area contributed by atoms with Crippen molar-refractivity contribution >= 4 is 21.7 Å². The van der Waals surface area contributed by atoms with E-state index in [1.807, 2.05) is 0 Å². The van der Waals surface area contributed by atoms with Crippen molar-refractivity contribution in [1.82, 2.24) is 4.31 Å². The Morgan fingerprint density at radius 1 is 1.25 bits per heavy atom. The zero-order valence-electron chi connectivity index (χ0n) is 15.5. The van der Waals surface area contributed by atoms with Crippen LogP contribution in [0.15, 0.2) is 23.2 Å². The van der Waals surface area contributed by atoms with Crippen molar-refractivity contribution in [2.75, 3.05) is 39.2 Å². The molecule has 12 heteroatoms. The number of nitrogens with one attached hydrogen (secondary N) is 1. The van der Waals surface area contributed by atoms with E-state index in [1.165, 1.54) is 14.2 Å². The van der Waals surface area contributed by atoms with E-state index in [0.717, 1.165) is 0 Å². The first-order valence-corrected chi connectivity index (χ1v) is 9.88. The van der Waals surface area contributed by atoms with Gasteiger partial charge in [-0.1, -0.05) is 0 Å². The molecule has 0 bridgehead atoms. The van der Waals surface area contributed by atoms with Crippen LogP contribution >= 0.6 is 0 Å². The van der Waals surface area contributed by atoms with Crippen LogP contribution in [0.3, 0.4) is 0 Å². The summed E-state index contributed by atoms with van der Waals surface area (Å²) in [7, 11) is -2.24. The summed E-state index contributed by atoms with van der Waals surface area (Å²) in [5, 5.41) is 2.90. The van der Waals surface area contributed by atoms with Crippen LogP contribution in [0.5, 0.6) is 11.5 Å². The summed E-state index contributed by atoms with van der Waals surface area (Å²) in [6.45, 7) is -0.0951. The number of alkyl halides is 3. The Labute approximate surface area is 161 Å². The largest absolute Gasteiger partial charge is 0.511 e. The van der Waals surface area contributed by atoms with E-state index in [-0.39, 0.29) is 44.4 Å². The van der Waals surface area contributed by atoms with Gasteiger partial charge < -0.3 is 20.5 Å². The molecule has 1 heterocycles. The number of guanidine groups is 1. The fourth-order valence-electron chi connectivity index (χ4n) is 2.81. The van der Waals surface area contributed by atoms with E-state index < -0.39 is 15.5 Å². The number of hydrogen-bond acceptors (Lipinski definition) is 5. The minimum atomic E-state index is -5.27. The van der Waals surface area contributed by atoms with Crippen LogP contribution in [0.4, 0.5) is 18.9 Å². The molecule has 2 rings (SSSR count). The zero-order valence-corrected chi connectivity index (χ0v) is 16.3. The molecule has 1 fully saturated rings. The molecule has 0 saturated carbocycles. The standard InChI is InChI=1S/C16H23F3N4O4S/c1-26-13-4-3-12(9-14(13)27-2)22-15(20)21-10-11-5-7-23(8-6-11)28(24,25)16(17,18)19/h3-4,9,11H,5-8,10H2,1-2H3,(H3,20,21,22). The predicted octanol–water partition coefficient (Wildman–Crippen LogP) is 1.99. The highest BCUT2D eigenvalue weighted by Crippen LogP contribution is 2.31. The van der Waals surface area contributed by atoms with E-state index >= 15 is 0 Å². The maximum Gasteiger partial charge on any atom is 0.511 e. The van der Waals surface area contributed by atoms with E-state index in [0.29, 0.717) is 21.5 Å². The number of rotatable bonds is 6. The van der Waals surface area contributed by atoms with Crippen molar-refractivity contribution in [3.63, 3.8) is 0 Å². The fourth-order valence-corrected chi connectivity index (χ4v) is 3.79. The van der Waals surface area contributed by atoms with Gasteiger partial charge in [0.15, 0.2) is 17.5 Å². The lowest BCUT2D eigenvalue weighted by Gasteiger charge is -2.30. The topological polar surface area (TPSA) is 106 Å². The molecule has 1 aliphatic heterocycles. The molecule has 0 amide bonds. The number of aliphatic imine (C=N–C) groups is 1. The van der Waals surface area contributed by atoms with Crippen LogP contribution in [0, 0.1) is 5.92 Å². The predicted molar refractivity (Wildman–Crippen MR) is 98.9 cm³/mol. The summed E-state index contributed by atoms with van der Waals surface area (Å²) in [4.78, 5) is 4.20. The maximum absolute atomic E-state index is 12.6. The van der Waals surface area contributed by atoms with Crippen molar-refractivity contribution in [2.24, 2.45) is 16.6 Å². The summed E-state index contributed by atoms with van der Waals surface area (Å²) < 4.78 is 71.4. The number of sulfonamides is 1. The van der Waals surface area contributed by atoms with Gasteiger partial charge in [0, 0.05) is 31.4 Å². The monoisotopic (exact) mass is 424 g/mol. The maximum atomic E-state index is 12.6. The molecule has 3 N–H and O–H groups in total.